The Labute approximate surface area is 156 Å². The smallest absolute Gasteiger partial charge is 0.328 e. The number of carbonyl (C=O) groups excluding carboxylic acids is 2. The van der Waals surface area contributed by atoms with E-state index in [4.69, 9.17) is 0 Å². The van der Waals surface area contributed by atoms with Gasteiger partial charge in [0.25, 0.3) is 0 Å². The number of carbonyl (C=O) groups is 4. The van der Waals surface area contributed by atoms with Crippen molar-refractivity contribution in [1.82, 2.24) is 10.2 Å². The van der Waals surface area contributed by atoms with Crippen molar-refractivity contribution in [2.24, 2.45) is 0 Å². The van der Waals surface area contributed by atoms with Crippen molar-refractivity contribution in [3.63, 3.8) is 0 Å². The third kappa shape index (κ3) is 2.80. The molecule has 9 nitrogen and oxygen atoms in total. The first-order chi connectivity index (χ1) is 12.6. The summed E-state index contributed by atoms with van der Waals surface area (Å²) in [5.74, 6) is -5.80. The van der Waals surface area contributed by atoms with E-state index >= 15 is 0 Å². The Kier molecular flexibility index (Phi) is 4.54. The van der Waals surface area contributed by atoms with E-state index in [-0.39, 0.29) is 5.56 Å². The van der Waals surface area contributed by atoms with Crippen LogP contribution in [0.4, 0.5) is 0 Å². The maximum atomic E-state index is 12.7. The van der Waals surface area contributed by atoms with Gasteiger partial charge in [0.2, 0.25) is 11.8 Å². The van der Waals surface area contributed by atoms with Crippen LogP contribution in [0, 0.1) is 0 Å². The van der Waals surface area contributed by atoms with Crippen molar-refractivity contribution >= 4 is 34.6 Å². The molecule has 2 aliphatic heterocycles. The number of hydrogen-bond acceptors (Lipinski definition) is 5. The Morgan fingerprint density at radius 2 is 1.78 bits per heavy atom. The van der Waals surface area contributed by atoms with Crippen LogP contribution in [0.3, 0.4) is 0 Å². The molecule has 2 heterocycles. The second-order valence-corrected chi connectivity index (χ2v) is 9.08. The summed E-state index contributed by atoms with van der Waals surface area (Å²) in [6.07, 6.45) is 0. The molecule has 0 radical (unpaired) electrons. The van der Waals surface area contributed by atoms with E-state index < -0.39 is 62.7 Å². The van der Waals surface area contributed by atoms with Crippen molar-refractivity contribution in [3.8, 4) is 0 Å². The average molecular weight is 394 g/mol. The molecule has 3 rings (SSSR count). The number of benzene rings is 1. The lowest BCUT2D eigenvalue weighted by Gasteiger charge is -2.43. The Bertz CT molecular complexity index is 854. The van der Waals surface area contributed by atoms with Crippen molar-refractivity contribution in [2.75, 3.05) is 0 Å². The Morgan fingerprint density at radius 3 is 2.30 bits per heavy atom. The normalized spacial score (nSPS) is 29.4. The number of rotatable bonds is 5. The molecule has 0 bridgehead atoms. The average Bonchev–Trinajstić information content (AvgIpc) is 2.78. The van der Waals surface area contributed by atoms with Crippen molar-refractivity contribution in [3.05, 3.63) is 35.9 Å². The molecule has 0 spiro atoms. The van der Waals surface area contributed by atoms with Gasteiger partial charge in [0, 0.05) is 0 Å². The second-order valence-electron chi connectivity index (χ2n) is 6.95. The summed E-state index contributed by atoms with van der Waals surface area (Å²) in [6.45, 7) is 2.97. The number of hydrogen-bond donors (Lipinski definition) is 3. The second kappa shape index (κ2) is 6.45. The van der Waals surface area contributed by atoms with Gasteiger partial charge in [0.15, 0.2) is 5.92 Å². The first-order valence-electron chi connectivity index (χ1n) is 8.12. The number of β-lactam (4-membered cyclic amide) rings is 1. The Morgan fingerprint density at radius 1 is 1.19 bits per heavy atom. The molecule has 27 heavy (non-hydrogen) atoms. The number of nitrogens with one attached hydrogen (secondary N) is 1. The minimum atomic E-state index is -1.75. The number of fused-ring (bicyclic) bond motifs is 1. The molecule has 1 aromatic carbocycles. The third-order valence-corrected chi connectivity index (χ3v) is 7.13. The zero-order valence-corrected chi connectivity index (χ0v) is 15.3. The number of aliphatic carboxylic acids is 2. The number of carboxylic acid groups (broad SMARTS) is 2. The van der Waals surface area contributed by atoms with E-state index in [1.54, 1.807) is 18.2 Å². The highest BCUT2D eigenvalue weighted by atomic mass is 32.2. The highest BCUT2D eigenvalue weighted by Gasteiger charge is 2.68. The highest BCUT2D eigenvalue weighted by Crippen LogP contribution is 2.43. The molecule has 0 unspecified atom stereocenters. The summed E-state index contributed by atoms with van der Waals surface area (Å²) in [4.78, 5) is 49.0. The van der Waals surface area contributed by atoms with Crippen LogP contribution in [0.1, 0.15) is 25.3 Å². The molecule has 144 valence electrons. The number of amides is 2. The highest BCUT2D eigenvalue weighted by molar-refractivity contribution is 7.87. The molecule has 3 N–H and O–H groups in total. The molecule has 2 aliphatic rings. The van der Waals surface area contributed by atoms with Crippen LogP contribution < -0.4 is 5.32 Å². The monoisotopic (exact) mass is 394 g/mol. The number of carboxylic acids is 2. The fourth-order valence-corrected chi connectivity index (χ4v) is 5.50. The minimum absolute atomic E-state index is 0.238. The van der Waals surface area contributed by atoms with E-state index in [9.17, 15) is 33.6 Å². The number of nitrogens with zero attached hydrogens (tertiary/aromatic N) is 1. The molecule has 2 saturated heterocycles. The largest absolute Gasteiger partial charge is 0.480 e. The van der Waals surface area contributed by atoms with Gasteiger partial charge in [0.05, 0.1) is 15.5 Å². The maximum absolute atomic E-state index is 12.7. The van der Waals surface area contributed by atoms with Gasteiger partial charge in [-0.05, 0) is 19.4 Å². The summed E-state index contributed by atoms with van der Waals surface area (Å²) in [5.41, 5.74) is 0.238. The molecule has 0 aliphatic carbocycles. The quantitative estimate of drug-likeness (QED) is 0.452. The van der Waals surface area contributed by atoms with Crippen LogP contribution in [0.2, 0.25) is 0 Å². The van der Waals surface area contributed by atoms with Crippen LogP contribution in [0.15, 0.2) is 30.3 Å². The van der Waals surface area contributed by atoms with E-state index in [1.807, 2.05) is 0 Å². The predicted octanol–water partition coefficient (Wildman–Crippen LogP) is -0.498. The molecule has 2 amide bonds. The first kappa shape index (κ1) is 19.0. The van der Waals surface area contributed by atoms with Crippen molar-refractivity contribution in [1.29, 1.82) is 0 Å². The van der Waals surface area contributed by atoms with Gasteiger partial charge < -0.3 is 20.4 Å². The van der Waals surface area contributed by atoms with Crippen LogP contribution in [-0.2, 0) is 30.0 Å². The summed E-state index contributed by atoms with van der Waals surface area (Å²) in [7, 11) is -1.75. The molecule has 1 aromatic rings. The summed E-state index contributed by atoms with van der Waals surface area (Å²) in [6, 6.07) is 5.31. The summed E-state index contributed by atoms with van der Waals surface area (Å²) < 4.78 is 11.5. The molecule has 0 aromatic heterocycles. The molecular formula is C17H18N2O7S. The molecule has 10 heteroatoms. The van der Waals surface area contributed by atoms with Crippen LogP contribution >= 0.6 is 0 Å². The molecular weight excluding hydrogens is 376 g/mol. The topological polar surface area (TPSA) is 141 Å². The maximum Gasteiger partial charge on any atom is 0.328 e. The van der Waals surface area contributed by atoms with E-state index in [1.165, 1.54) is 26.0 Å². The SMILES string of the molecule is CC1(C)[C@@H](C(=O)O)N2C(=O)[C@@H](NC(=O)[C@H](C(=O)O)c3ccccc3)[C@H]2[S@]1=O. The zero-order chi connectivity index (χ0) is 20.1. The summed E-state index contributed by atoms with van der Waals surface area (Å²) in [5, 5.41) is 20.2. The Balaban J connectivity index is 1.84. The molecule has 5 atom stereocenters. The van der Waals surface area contributed by atoms with E-state index in [2.05, 4.69) is 5.32 Å². The zero-order valence-electron chi connectivity index (χ0n) is 14.5. The molecule has 0 saturated carbocycles. The van der Waals surface area contributed by atoms with Gasteiger partial charge in [-0.2, -0.15) is 0 Å². The van der Waals surface area contributed by atoms with Gasteiger partial charge in [-0.1, -0.05) is 30.3 Å². The van der Waals surface area contributed by atoms with Crippen molar-refractivity contribution < 1.29 is 33.6 Å². The third-order valence-electron chi connectivity index (χ3n) is 4.93. The predicted molar refractivity (Wildman–Crippen MR) is 93.0 cm³/mol. The van der Waals surface area contributed by atoms with Gasteiger partial charge in [-0.25, -0.2) is 4.79 Å². The lowest BCUT2D eigenvalue weighted by molar-refractivity contribution is -0.161. The minimum Gasteiger partial charge on any atom is -0.480 e. The van der Waals surface area contributed by atoms with Crippen LogP contribution in [0.25, 0.3) is 0 Å². The van der Waals surface area contributed by atoms with Crippen LogP contribution in [0.5, 0.6) is 0 Å². The first-order valence-corrected chi connectivity index (χ1v) is 9.34. The Hall–Kier alpha value is -2.75. The van der Waals surface area contributed by atoms with Crippen molar-refractivity contribution in [2.45, 2.75) is 42.0 Å². The lowest BCUT2D eigenvalue weighted by Crippen LogP contribution is -2.72. The van der Waals surface area contributed by atoms with Crippen LogP contribution in [-0.4, -0.2) is 65.3 Å². The van der Waals surface area contributed by atoms with Gasteiger partial charge >= 0.3 is 11.9 Å². The van der Waals surface area contributed by atoms with Gasteiger partial charge in [-0.3, -0.25) is 18.6 Å². The fraction of sp³-hybridized carbons (Fsp3) is 0.412. The van der Waals surface area contributed by atoms with E-state index in [0.29, 0.717) is 0 Å². The van der Waals surface area contributed by atoms with Gasteiger partial charge in [-0.15, -0.1) is 0 Å². The summed E-state index contributed by atoms with van der Waals surface area (Å²) >= 11 is 0. The van der Waals surface area contributed by atoms with E-state index in [0.717, 1.165) is 4.90 Å². The van der Waals surface area contributed by atoms with Gasteiger partial charge in [0.1, 0.15) is 17.5 Å². The lowest BCUT2D eigenvalue weighted by atomic mass is 9.94. The molecule has 2 fully saturated rings. The standard InChI is InChI=1S/C17H18N2O7S/c1-17(2)11(16(24)25)19-13(21)10(14(19)27(17)26)18-12(20)9(15(22)23)8-6-4-3-5-7-8/h3-7,9-11,14H,1-2H3,(H,18,20)(H,22,23)(H,24,25)/t9-,10-,11-,14-,27-/m1/s1. The fourth-order valence-electron chi connectivity index (χ4n) is 3.58.